The first-order chi connectivity index (χ1) is 16.5. The lowest BCUT2D eigenvalue weighted by Crippen LogP contribution is -2.62. The second kappa shape index (κ2) is 7.81. The molecule has 8 nitrogen and oxygen atoms in total. The summed E-state index contributed by atoms with van der Waals surface area (Å²) in [5.41, 5.74) is 3.27. The number of nitro groups is 1. The topological polar surface area (TPSA) is 99.5 Å². The second-order valence-electron chi connectivity index (χ2n) is 8.61. The van der Waals surface area contributed by atoms with Crippen molar-refractivity contribution in [1.82, 2.24) is 14.8 Å². The molecule has 2 aliphatic heterocycles. The quantitative estimate of drug-likeness (QED) is 0.358. The zero-order chi connectivity index (χ0) is 23.4. The monoisotopic (exact) mass is 472 g/mol. The van der Waals surface area contributed by atoms with Crippen LogP contribution in [-0.4, -0.2) is 44.1 Å². The van der Waals surface area contributed by atoms with E-state index >= 15 is 0 Å². The van der Waals surface area contributed by atoms with Crippen molar-refractivity contribution in [3.05, 3.63) is 97.9 Å². The molecule has 2 atom stereocenters. The number of aromatic nitrogens is 1. The van der Waals surface area contributed by atoms with Crippen LogP contribution in [0.15, 0.2) is 66.0 Å². The Bertz CT molecular complexity index is 1440. The van der Waals surface area contributed by atoms with Gasteiger partial charge in [0.1, 0.15) is 12.6 Å². The maximum absolute atomic E-state index is 13.7. The van der Waals surface area contributed by atoms with Gasteiger partial charge in [-0.2, -0.15) is 0 Å². The van der Waals surface area contributed by atoms with Crippen LogP contribution in [-0.2, 0) is 22.6 Å². The summed E-state index contributed by atoms with van der Waals surface area (Å²) in [6.45, 7) is 0.378. The zero-order valence-electron chi connectivity index (χ0n) is 18.0. The van der Waals surface area contributed by atoms with Gasteiger partial charge < -0.3 is 14.8 Å². The number of non-ortho nitro benzene ring substituents is 1. The van der Waals surface area contributed by atoms with Crippen LogP contribution in [0.2, 0.25) is 0 Å². The lowest BCUT2D eigenvalue weighted by Gasteiger charge is -2.47. The van der Waals surface area contributed by atoms with Crippen molar-refractivity contribution in [3.8, 4) is 0 Å². The molecule has 1 saturated heterocycles. The molecule has 4 heterocycles. The Morgan fingerprint density at radius 1 is 1.09 bits per heavy atom. The Hall–Kier alpha value is -3.98. The van der Waals surface area contributed by atoms with Gasteiger partial charge in [-0.15, -0.1) is 11.3 Å². The SMILES string of the molecule is O=C1[C@@H]2Cc3c([nH]c4ccccc34)C(c3cccc([N+](=O)[O-])c3)N2C(=O)CN1Cc1cccs1. The van der Waals surface area contributed by atoms with Gasteiger partial charge in [-0.3, -0.25) is 19.7 Å². The van der Waals surface area contributed by atoms with Gasteiger partial charge in [0.25, 0.3) is 5.69 Å². The summed E-state index contributed by atoms with van der Waals surface area (Å²) >= 11 is 1.56. The van der Waals surface area contributed by atoms with E-state index in [1.54, 1.807) is 33.3 Å². The van der Waals surface area contributed by atoms with E-state index in [1.807, 2.05) is 41.8 Å². The van der Waals surface area contributed by atoms with Crippen molar-refractivity contribution in [3.63, 3.8) is 0 Å². The fourth-order valence-electron chi connectivity index (χ4n) is 5.20. The predicted molar refractivity (Wildman–Crippen MR) is 127 cm³/mol. The molecule has 2 amide bonds. The third kappa shape index (κ3) is 3.19. The first-order valence-electron chi connectivity index (χ1n) is 11.0. The minimum atomic E-state index is -0.669. The van der Waals surface area contributed by atoms with E-state index in [9.17, 15) is 19.7 Å². The van der Waals surface area contributed by atoms with E-state index < -0.39 is 17.0 Å². The number of thiophene rings is 1. The van der Waals surface area contributed by atoms with Crippen LogP contribution in [0.25, 0.3) is 10.9 Å². The molecule has 4 aromatic rings. The van der Waals surface area contributed by atoms with Gasteiger partial charge in [-0.25, -0.2) is 0 Å². The standard InChI is InChI=1S/C25H20N4O4S/c30-22-14-27(13-17-7-4-10-34-17)25(31)21-12-19-18-8-1-2-9-20(18)26-23(19)24(28(21)22)15-5-3-6-16(11-15)29(32)33/h1-11,21,24,26H,12-14H2/t21-,24?/m0/s1. The Morgan fingerprint density at radius 2 is 1.94 bits per heavy atom. The summed E-state index contributed by atoms with van der Waals surface area (Å²) in [7, 11) is 0. The maximum Gasteiger partial charge on any atom is 0.269 e. The molecule has 1 N–H and O–H groups in total. The van der Waals surface area contributed by atoms with E-state index in [0.717, 1.165) is 27.0 Å². The van der Waals surface area contributed by atoms with E-state index in [1.165, 1.54) is 12.1 Å². The highest BCUT2D eigenvalue weighted by Gasteiger charge is 2.48. The van der Waals surface area contributed by atoms with Gasteiger partial charge in [0, 0.05) is 40.0 Å². The molecule has 0 saturated carbocycles. The van der Waals surface area contributed by atoms with Gasteiger partial charge >= 0.3 is 0 Å². The number of piperazine rings is 1. The highest BCUT2D eigenvalue weighted by Crippen LogP contribution is 2.43. The molecule has 170 valence electrons. The number of benzene rings is 2. The zero-order valence-corrected chi connectivity index (χ0v) is 18.8. The molecule has 0 bridgehead atoms. The number of rotatable bonds is 4. The number of hydrogen-bond acceptors (Lipinski definition) is 5. The number of H-pyrrole nitrogens is 1. The molecule has 9 heteroatoms. The molecule has 0 aliphatic carbocycles. The number of carbonyl (C=O) groups is 2. The molecule has 0 spiro atoms. The van der Waals surface area contributed by atoms with Crippen LogP contribution in [0.3, 0.4) is 0 Å². The lowest BCUT2D eigenvalue weighted by molar-refractivity contribution is -0.384. The van der Waals surface area contributed by atoms with E-state index in [-0.39, 0.29) is 24.0 Å². The van der Waals surface area contributed by atoms with Gasteiger partial charge in [0.15, 0.2) is 0 Å². The normalized spacial score (nSPS) is 19.9. The van der Waals surface area contributed by atoms with Crippen molar-refractivity contribution in [2.45, 2.75) is 25.0 Å². The summed E-state index contributed by atoms with van der Waals surface area (Å²) in [6, 6.07) is 16.8. The van der Waals surface area contributed by atoms with Crippen molar-refractivity contribution in [2.24, 2.45) is 0 Å². The average Bonchev–Trinajstić information content (AvgIpc) is 3.48. The third-order valence-corrected chi connectivity index (χ3v) is 7.53. The molecule has 1 unspecified atom stereocenters. The van der Waals surface area contributed by atoms with Crippen LogP contribution in [0.4, 0.5) is 5.69 Å². The molecule has 2 aromatic heterocycles. The van der Waals surface area contributed by atoms with Crippen molar-refractivity contribution in [1.29, 1.82) is 0 Å². The average molecular weight is 473 g/mol. The molecular weight excluding hydrogens is 452 g/mol. The Kier molecular flexibility index (Phi) is 4.73. The molecule has 2 aliphatic rings. The van der Waals surface area contributed by atoms with Crippen molar-refractivity contribution >= 4 is 39.7 Å². The lowest BCUT2D eigenvalue weighted by atomic mass is 9.86. The predicted octanol–water partition coefficient (Wildman–Crippen LogP) is 4.02. The Morgan fingerprint density at radius 3 is 2.74 bits per heavy atom. The van der Waals surface area contributed by atoms with Crippen molar-refractivity contribution < 1.29 is 14.5 Å². The molecular formula is C25H20N4O4S. The summed E-state index contributed by atoms with van der Waals surface area (Å²) in [5, 5.41) is 14.4. The van der Waals surface area contributed by atoms with Crippen LogP contribution < -0.4 is 0 Å². The molecule has 1 fully saturated rings. The molecule has 34 heavy (non-hydrogen) atoms. The van der Waals surface area contributed by atoms with Gasteiger partial charge in [0.2, 0.25) is 11.8 Å². The van der Waals surface area contributed by atoms with Gasteiger partial charge in [-0.1, -0.05) is 36.4 Å². The van der Waals surface area contributed by atoms with Crippen LogP contribution in [0.1, 0.15) is 27.7 Å². The number of nitrogens with zero attached hydrogens (tertiary/aromatic N) is 3. The van der Waals surface area contributed by atoms with Crippen LogP contribution in [0, 0.1) is 10.1 Å². The summed E-state index contributed by atoms with van der Waals surface area (Å²) in [5.74, 6) is -0.263. The smallest absolute Gasteiger partial charge is 0.269 e. The number of aromatic amines is 1. The Labute approximate surface area is 198 Å². The molecule has 2 aromatic carbocycles. The molecule has 6 rings (SSSR count). The number of nitro benzene ring substituents is 1. The minimum absolute atomic E-state index is 0.0196. The number of amides is 2. The first kappa shape index (κ1) is 20.6. The number of hydrogen-bond donors (Lipinski definition) is 1. The van der Waals surface area contributed by atoms with Gasteiger partial charge in [0.05, 0.1) is 17.5 Å². The molecule has 0 radical (unpaired) electrons. The number of para-hydroxylation sites is 1. The van der Waals surface area contributed by atoms with Crippen molar-refractivity contribution in [2.75, 3.05) is 6.54 Å². The maximum atomic E-state index is 13.7. The first-order valence-corrected chi connectivity index (χ1v) is 11.9. The van der Waals surface area contributed by atoms with Crippen LogP contribution in [0.5, 0.6) is 0 Å². The fourth-order valence-corrected chi connectivity index (χ4v) is 5.92. The summed E-state index contributed by atoms with van der Waals surface area (Å²) in [4.78, 5) is 45.9. The third-order valence-electron chi connectivity index (χ3n) is 6.67. The van der Waals surface area contributed by atoms with E-state index in [2.05, 4.69) is 4.98 Å². The highest BCUT2D eigenvalue weighted by atomic mass is 32.1. The van der Waals surface area contributed by atoms with E-state index in [0.29, 0.717) is 18.5 Å². The van der Waals surface area contributed by atoms with Crippen LogP contribution >= 0.6 is 11.3 Å². The fraction of sp³-hybridized carbons (Fsp3) is 0.200. The van der Waals surface area contributed by atoms with Gasteiger partial charge in [-0.05, 0) is 28.6 Å². The second-order valence-corrected chi connectivity index (χ2v) is 9.64. The number of carbonyl (C=O) groups excluding carboxylic acids is 2. The van der Waals surface area contributed by atoms with E-state index in [4.69, 9.17) is 0 Å². The largest absolute Gasteiger partial charge is 0.356 e. The number of nitrogens with one attached hydrogen (secondary N) is 1. The highest BCUT2D eigenvalue weighted by molar-refractivity contribution is 7.09. The minimum Gasteiger partial charge on any atom is -0.356 e. The summed E-state index contributed by atoms with van der Waals surface area (Å²) in [6.07, 6.45) is 0.399. The Balaban J connectivity index is 1.49. The number of fused-ring (bicyclic) bond motifs is 4. The summed E-state index contributed by atoms with van der Waals surface area (Å²) < 4.78 is 0.